The molecule has 1 N–H and O–H groups in total. The highest BCUT2D eigenvalue weighted by atomic mass is 35.5. The molecule has 1 saturated carbocycles. The highest BCUT2D eigenvalue weighted by Gasteiger charge is 2.50. The Kier molecular flexibility index (Phi) is 3.82. The predicted molar refractivity (Wildman–Crippen MR) is 73.9 cm³/mol. The SMILES string of the molecule is CS(=O)(=O)C1(C(=O)Nc2cccnc2Cl)CCCC1. The van der Waals surface area contributed by atoms with Gasteiger partial charge in [0.25, 0.3) is 0 Å². The Morgan fingerprint density at radius 1 is 1.42 bits per heavy atom. The molecule has 1 fully saturated rings. The van der Waals surface area contributed by atoms with E-state index in [0.29, 0.717) is 18.5 Å². The van der Waals surface area contributed by atoms with E-state index in [9.17, 15) is 13.2 Å². The Bertz CT molecular complexity index is 595. The van der Waals surface area contributed by atoms with Gasteiger partial charge in [0, 0.05) is 12.5 Å². The molecule has 1 aromatic rings. The minimum Gasteiger partial charge on any atom is -0.322 e. The van der Waals surface area contributed by atoms with Crippen LogP contribution in [0, 0.1) is 0 Å². The van der Waals surface area contributed by atoms with Crippen LogP contribution in [-0.4, -0.2) is 30.3 Å². The van der Waals surface area contributed by atoms with Crippen LogP contribution in [0.15, 0.2) is 18.3 Å². The lowest BCUT2D eigenvalue weighted by atomic mass is 10.1. The Balaban J connectivity index is 2.30. The molecule has 0 saturated heterocycles. The summed E-state index contributed by atoms with van der Waals surface area (Å²) < 4.78 is 22.6. The number of nitrogens with zero attached hydrogens (tertiary/aromatic N) is 1. The Morgan fingerprint density at radius 2 is 2.05 bits per heavy atom. The number of anilines is 1. The number of halogens is 1. The van der Waals surface area contributed by atoms with E-state index in [2.05, 4.69) is 10.3 Å². The molecule has 5 nitrogen and oxygen atoms in total. The maximum Gasteiger partial charge on any atom is 0.245 e. The average Bonchev–Trinajstić information content (AvgIpc) is 2.82. The molecule has 1 amide bonds. The number of aromatic nitrogens is 1. The van der Waals surface area contributed by atoms with Crippen LogP contribution in [-0.2, 0) is 14.6 Å². The van der Waals surface area contributed by atoms with Crippen molar-refractivity contribution in [1.82, 2.24) is 4.98 Å². The van der Waals surface area contributed by atoms with E-state index in [0.717, 1.165) is 19.1 Å². The lowest BCUT2D eigenvalue weighted by Gasteiger charge is -2.25. The third-order valence-corrected chi connectivity index (χ3v) is 5.86. The minimum atomic E-state index is -3.47. The van der Waals surface area contributed by atoms with Crippen molar-refractivity contribution in [3.63, 3.8) is 0 Å². The van der Waals surface area contributed by atoms with E-state index in [1.807, 2.05) is 0 Å². The molecule has 0 atom stereocenters. The molecule has 0 spiro atoms. The van der Waals surface area contributed by atoms with E-state index >= 15 is 0 Å². The van der Waals surface area contributed by atoms with Gasteiger partial charge in [0.1, 0.15) is 0 Å². The summed E-state index contributed by atoms with van der Waals surface area (Å²) in [7, 11) is -3.47. The zero-order valence-electron chi connectivity index (χ0n) is 10.5. The summed E-state index contributed by atoms with van der Waals surface area (Å²) in [4.78, 5) is 16.2. The van der Waals surface area contributed by atoms with Gasteiger partial charge in [-0.15, -0.1) is 0 Å². The number of hydrogen-bond acceptors (Lipinski definition) is 4. The maximum absolute atomic E-state index is 12.4. The zero-order chi connectivity index (χ0) is 14.1. The highest BCUT2D eigenvalue weighted by molar-refractivity contribution is 7.92. The van der Waals surface area contributed by atoms with E-state index in [4.69, 9.17) is 11.6 Å². The molecule has 7 heteroatoms. The van der Waals surface area contributed by atoms with Crippen LogP contribution in [0.2, 0.25) is 5.15 Å². The molecule has 1 heterocycles. The molecule has 0 aromatic carbocycles. The number of sulfone groups is 1. The van der Waals surface area contributed by atoms with Crippen LogP contribution < -0.4 is 5.32 Å². The first-order chi connectivity index (χ1) is 8.87. The fourth-order valence-electron chi connectivity index (χ4n) is 2.43. The second kappa shape index (κ2) is 5.09. The number of amides is 1. The van der Waals surface area contributed by atoms with E-state index in [1.54, 1.807) is 12.1 Å². The fourth-order valence-corrected chi connectivity index (χ4v) is 4.01. The van der Waals surface area contributed by atoms with Gasteiger partial charge in [-0.3, -0.25) is 4.79 Å². The molecule has 0 radical (unpaired) electrons. The first-order valence-corrected chi connectivity index (χ1v) is 8.25. The molecule has 0 aliphatic heterocycles. The monoisotopic (exact) mass is 302 g/mol. The highest BCUT2D eigenvalue weighted by Crippen LogP contribution is 2.37. The van der Waals surface area contributed by atoms with Crippen molar-refractivity contribution in [2.75, 3.05) is 11.6 Å². The molecule has 1 aromatic heterocycles. The Labute approximate surface area is 117 Å². The smallest absolute Gasteiger partial charge is 0.245 e. The van der Waals surface area contributed by atoms with Crippen molar-refractivity contribution in [2.45, 2.75) is 30.4 Å². The van der Waals surface area contributed by atoms with E-state index < -0.39 is 20.5 Å². The van der Waals surface area contributed by atoms with Crippen LogP contribution in [0.5, 0.6) is 0 Å². The van der Waals surface area contributed by atoms with Gasteiger partial charge in [0.15, 0.2) is 19.7 Å². The molecule has 104 valence electrons. The number of pyridine rings is 1. The second-order valence-electron chi connectivity index (χ2n) is 4.77. The van der Waals surface area contributed by atoms with Crippen molar-refractivity contribution < 1.29 is 13.2 Å². The lowest BCUT2D eigenvalue weighted by Crippen LogP contribution is -2.47. The van der Waals surface area contributed by atoms with Crippen molar-refractivity contribution in [3.05, 3.63) is 23.5 Å². The molecular weight excluding hydrogens is 288 g/mol. The minimum absolute atomic E-state index is 0.150. The van der Waals surface area contributed by atoms with Gasteiger partial charge in [0.2, 0.25) is 5.91 Å². The topological polar surface area (TPSA) is 76.1 Å². The van der Waals surface area contributed by atoms with Gasteiger partial charge in [-0.05, 0) is 25.0 Å². The first kappa shape index (κ1) is 14.3. The van der Waals surface area contributed by atoms with Gasteiger partial charge in [-0.1, -0.05) is 24.4 Å². The van der Waals surface area contributed by atoms with E-state index in [-0.39, 0.29) is 5.15 Å². The van der Waals surface area contributed by atoms with Gasteiger partial charge >= 0.3 is 0 Å². The van der Waals surface area contributed by atoms with Crippen molar-refractivity contribution in [3.8, 4) is 0 Å². The number of carbonyl (C=O) groups excluding carboxylic acids is 1. The number of nitrogens with one attached hydrogen (secondary N) is 1. The number of hydrogen-bond donors (Lipinski definition) is 1. The van der Waals surface area contributed by atoms with Crippen LogP contribution in [0.1, 0.15) is 25.7 Å². The first-order valence-electron chi connectivity index (χ1n) is 5.98. The normalized spacial score (nSPS) is 18.2. The number of carbonyl (C=O) groups is 1. The molecule has 1 aliphatic rings. The third-order valence-electron chi connectivity index (χ3n) is 3.54. The summed E-state index contributed by atoms with van der Waals surface area (Å²) in [5.74, 6) is -0.512. The average molecular weight is 303 g/mol. The summed E-state index contributed by atoms with van der Waals surface area (Å²) in [6, 6.07) is 3.22. The van der Waals surface area contributed by atoms with Gasteiger partial charge in [-0.25, -0.2) is 13.4 Å². The summed E-state index contributed by atoms with van der Waals surface area (Å²) in [5.41, 5.74) is 0.337. The summed E-state index contributed by atoms with van der Waals surface area (Å²) in [6.45, 7) is 0. The largest absolute Gasteiger partial charge is 0.322 e. The van der Waals surface area contributed by atoms with Crippen molar-refractivity contribution in [1.29, 1.82) is 0 Å². The fraction of sp³-hybridized carbons (Fsp3) is 0.500. The van der Waals surface area contributed by atoms with Gasteiger partial charge in [-0.2, -0.15) is 0 Å². The maximum atomic E-state index is 12.4. The van der Waals surface area contributed by atoms with Crippen LogP contribution in [0.3, 0.4) is 0 Å². The molecule has 1 aliphatic carbocycles. The summed E-state index contributed by atoms with van der Waals surface area (Å²) in [6.07, 6.45) is 4.80. The van der Waals surface area contributed by atoms with Gasteiger partial charge < -0.3 is 5.32 Å². The molecule has 2 rings (SSSR count). The van der Waals surface area contributed by atoms with Crippen molar-refractivity contribution >= 4 is 33.0 Å². The molecule has 0 bridgehead atoms. The lowest BCUT2D eigenvalue weighted by molar-refractivity contribution is -0.118. The molecule has 19 heavy (non-hydrogen) atoms. The van der Waals surface area contributed by atoms with Crippen LogP contribution >= 0.6 is 11.6 Å². The molecular formula is C12H15ClN2O3S. The summed E-state index contributed by atoms with van der Waals surface area (Å²) >= 11 is 5.86. The Morgan fingerprint density at radius 3 is 2.58 bits per heavy atom. The van der Waals surface area contributed by atoms with Crippen LogP contribution in [0.4, 0.5) is 5.69 Å². The van der Waals surface area contributed by atoms with Gasteiger partial charge in [0.05, 0.1) is 5.69 Å². The summed E-state index contributed by atoms with van der Waals surface area (Å²) in [5, 5.41) is 2.74. The third kappa shape index (κ3) is 2.60. The standard InChI is InChI=1S/C12H15ClN2O3S/c1-19(17,18)12(6-2-3-7-12)11(16)15-9-5-4-8-14-10(9)13/h4-5,8H,2-3,6-7H2,1H3,(H,15,16). The van der Waals surface area contributed by atoms with Crippen molar-refractivity contribution in [2.24, 2.45) is 0 Å². The van der Waals surface area contributed by atoms with Crippen LogP contribution in [0.25, 0.3) is 0 Å². The zero-order valence-corrected chi connectivity index (χ0v) is 12.1. The predicted octanol–water partition coefficient (Wildman–Crippen LogP) is 2.03. The molecule has 0 unspecified atom stereocenters. The van der Waals surface area contributed by atoms with E-state index in [1.165, 1.54) is 6.20 Å². The Hall–Kier alpha value is -1.14. The quantitative estimate of drug-likeness (QED) is 0.867. The number of rotatable bonds is 3. The second-order valence-corrected chi connectivity index (χ2v) is 7.45.